The quantitative estimate of drug-likeness (QED) is 0.677. The second-order valence-corrected chi connectivity index (χ2v) is 6.23. The van der Waals surface area contributed by atoms with Crippen molar-refractivity contribution in [2.75, 3.05) is 13.2 Å². The summed E-state index contributed by atoms with van der Waals surface area (Å²) in [6, 6.07) is 8.70. The molecule has 28 heavy (non-hydrogen) atoms. The van der Waals surface area contributed by atoms with Crippen molar-refractivity contribution in [1.29, 1.82) is 5.26 Å². The Hall–Kier alpha value is -3.64. The van der Waals surface area contributed by atoms with Crippen molar-refractivity contribution >= 4 is 11.9 Å². The molecule has 0 fully saturated rings. The van der Waals surface area contributed by atoms with Crippen LogP contribution < -0.4 is 10.9 Å². The van der Waals surface area contributed by atoms with Crippen molar-refractivity contribution in [3.63, 3.8) is 0 Å². The zero-order chi connectivity index (χ0) is 20.3. The fraction of sp³-hybridized carbons (Fsp3) is 0.263. The maximum Gasteiger partial charge on any atom is 0.322 e. The van der Waals surface area contributed by atoms with E-state index in [9.17, 15) is 19.5 Å². The van der Waals surface area contributed by atoms with E-state index in [0.29, 0.717) is 35.4 Å². The Morgan fingerprint density at radius 2 is 2.14 bits per heavy atom. The zero-order valence-corrected chi connectivity index (χ0v) is 14.8. The number of benzene rings is 1. The molecule has 144 valence electrons. The van der Waals surface area contributed by atoms with Crippen LogP contribution in [0, 0.1) is 11.3 Å². The van der Waals surface area contributed by atoms with Crippen molar-refractivity contribution < 1.29 is 24.5 Å². The number of carboxylic acids is 1. The number of pyridine rings is 1. The van der Waals surface area contributed by atoms with Gasteiger partial charge in [0, 0.05) is 12.0 Å². The molecule has 0 radical (unpaired) electrons. The Bertz CT molecular complexity index is 1050. The molecule has 0 saturated heterocycles. The van der Waals surface area contributed by atoms with Gasteiger partial charge in [0.05, 0.1) is 37.1 Å². The lowest BCUT2D eigenvalue weighted by molar-refractivity contribution is -0.135. The number of hydrogen-bond donors (Lipinski definition) is 3. The van der Waals surface area contributed by atoms with Crippen LogP contribution in [0.2, 0.25) is 0 Å². The largest absolute Gasteiger partial charge is 0.507 e. The third kappa shape index (κ3) is 3.72. The van der Waals surface area contributed by atoms with Crippen LogP contribution in [0.5, 0.6) is 5.75 Å². The smallest absolute Gasteiger partial charge is 0.322 e. The van der Waals surface area contributed by atoms with E-state index in [1.807, 2.05) is 6.07 Å². The summed E-state index contributed by atoms with van der Waals surface area (Å²) in [6.45, 7) is -0.201. The van der Waals surface area contributed by atoms with Gasteiger partial charge in [-0.2, -0.15) is 5.26 Å². The Labute approximate surface area is 159 Å². The number of aromatic nitrogens is 1. The summed E-state index contributed by atoms with van der Waals surface area (Å²) in [5, 5.41) is 30.4. The van der Waals surface area contributed by atoms with E-state index in [-0.39, 0.29) is 13.2 Å². The molecule has 0 bridgehead atoms. The number of nitrogens with one attached hydrogen (secondary N) is 1. The van der Waals surface area contributed by atoms with E-state index in [4.69, 9.17) is 15.1 Å². The second-order valence-electron chi connectivity index (χ2n) is 6.23. The highest BCUT2D eigenvalue weighted by molar-refractivity contribution is 5.98. The van der Waals surface area contributed by atoms with Gasteiger partial charge >= 0.3 is 5.97 Å². The first kappa shape index (κ1) is 19.1. The molecule has 2 aromatic rings. The molecule has 0 atom stereocenters. The molecule has 1 aromatic carbocycles. The fourth-order valence-corrected chi connectivity index (χ4v) is 3.12. The van der Waals surface area contributed by atoms with E-state index in [0.717, 1.165) is 0 Å². The molecule has 0 spiro atoms. The first-order valence-electron chi connectivity index (χ1n) is 8.46. The number of nitrogens with zero attached hydrogens (tertiary/aromatic N) is 2. The molecular weight excluding hydrogens is 366 g/mol. The summed E-state index contributed by atoms with van der Waals surface area (Å²) in [5.74, 6) is -2.68. The average molecular weight is 383 g/mol. The molecule has 1 aliphatic heterocycles. The monoisotopic (exact) mass is 383 g/mol. The Morgan fingerprint density at radius 3 is 2.86 bits per heavy atom. The van der Waals surface area contributed by atoms with Crippen LogP contribution in [0.25, 0.3) is 0 Å². The van der Waals surface area contributed by atoms with Crippen molar-refractivity contribution in [3.05, 3.63) is 62.6 Å². The number of aliphatic carboxylic acids is 1. The van der Waals surface area contributed by atoms with Crippen LogP contribution in [0.15, 0.2) is 29.1 Å². The number of nitriles is 1. The van der Waals surface area contributed by atoms with Crippen LogP contribution in [0.4, 0.5) is 0 Å². The van der Waals surface area contributed by atoms with Crippen LogP contribution in [0.1, 0.15) is 32.7 Å². The SMILES string of the molecule is N#Cc1cccc(Cn2c3c(c(O)c(C(=O)NCC(=O)O)c2=O)CCOC3)c1. The molecule has 3 N–H and O–H groups in total. The van der Waals surface area contributed by atoms with Gasteiger partial charge in [-0.15, -0.1) is 0 Å². The lowest BCUT2D eigenvalue weighted by atomic mass is 10.0. The number of carbonyl (C=O) groups is 2. The van der Waals surface area contributed by atoms with Gasteiger partial charge in [0.1, 0.15) is 17.9 Å². The summed E-state index contributed by atoms with van der Waals surface area (Å²) >= 11 is 0. The number of carbonyl (C=O) groups excluding carboxylic acids is 1. The number of carboxylic acid groups (broad SMARTS) is 1. The summed E-state index contributed by atoms with van der Waals surface area (Å²) in [6.07, 6.45) is 0.304. The average Bonchev–Trinajstić information content (AvgIpc) is 2.70. The van der Waals surface area contributed by atoms with Gasteiger partial charge in [-0.25, -0.2) is 0 Å². The minimum absolute atomic E-state index is 0.0690. The molecule has 1 aliphatic rings. The predicted molar refractivity (Wildman–Crippen MR) is 96.0 cm³/mol. The first-order chi connectivity index (χ1) is 13.4. The van der Waals surface area contributed by atoms with Crippen LogP contribution in [-0.4, -0.2) is 39.8 Å². The normalized spacial score (nSPS) is 12.7. The van der Waals surface area contributed by atoms with Crippen LogP contribution >= 0.6 is 0 Å². The molecule has 9 nitrogen and oxygen atoms in total. The third-order valence-electron chi connectivity index (χ3n) is 4.42. The second kappa shape index (κ2) is 7.94. The predicted octanol–water partition coefficient (Wildman–Crippen LogP) is 0.361. The topological polar surface area (TPSA) is 142 Å². The van der Waals surface area contributed by atoms with Crippen molar-refractivity contribution in [3.8, 4) is 11.8 Å². The molecule has 0 saturated carbocycles. The minimum Gasteiger partial charge on any atom is -0.507 e. The van der Waals surface area contributed by atoms with Gasteiger partial charge in [0.15, 0.2) is 0 Å². The van der Waals surface area contributed by atoms with Crippen LogP contribution in [-0.2, 0) is 29.1 Å². The van der Waals surface area contributed by atoms with Crippen molar-refractivity contribution in [2.24, 2.45) is 0 Å². The summed E-state index contributed by atoms with van der Waals surface area (Å²) < 4.78 is 6.73. The first-order valence-corrected chi connectivity index (χ1v) is 8.46. The molecular formula is C19H17N3O6. The minimum atomic E-state index is -1.27. The standard InChI is InChI=1S/C19H17N3O6/c20-7-11-2-1-3-12(6-11)9-22-14-10-28-5-4-13(14)17(25)16(19(22)27)18(26)21-8-15(23)24/h1-3,6,25H,4-5,8-10H2,(H,21,26)(H,23,24). The summed E-state index contributed by atoms with van der Waals surface area (Å²) in [7, 11) is 0. The number of hydrogen-bond acceptors (Lipinski definition) is 6. The van der Waals surface area contributed by atoms with Crippen molar-refractivity contribution in [2.45, 2.75) is 19.6 Å². The lowest BCUT2D eigenvalue weighted by Crippen LogP contribution is -2.38. The Morgan fingerprint density at radius 1 is 1.36 bits per heavy atom. The molecule has 3 rings (SSSR count). The van der Waals surface area contributed by atoms with E-state index in [2.05, 4.69) is 5.32 Å². The highest BCUT2D eigenvalue weighted by Gasteiger charge is 2.27. The molecule has 0 unspecified atom stereocenters. The van der Waals surface area contributed by atoms with Crippen LogP contribution in [0.3, 0.4) is 0 Å². The lowest BCUT2D eigenvalue weighted by Gasteiger charge is -2.24. The van der Waals surface area contributed by atoms with Gasteiger partial charge in [-0.05, 0) is 17.7 Å². The number of fused-ring (bicyclic) bond motifs is 1. The molecule has 0 aliphatic carbocycles. The summed E-state index contributed by atoms with van der Waals surface area (Å²) in [5.41, 5.74) is 0.698. The van der Waals surface area contributed by atoms with E-state index in [1.165, 1.54) is 4.57 Å². The Balaban J connectivity index is 2.11. The highest BCUT2D eigenvalue weighted by Crippen LogP contribution is 2.28. The summed E-state index contributed by atoms with van der Waals surface area (Å²) in [4.78, 5) is 36.0. The fourth-order valence-electron chi connectivity index (χ4n) is 3.12. The highest BCUT2D eigenvalue weighted by atomic mass is 16.5. The molecule has 2 heterocycles. The number of amides is 1. The third-order valence-corrected chi connectivity index (χ3v) is 4.42. The molecule has 1 aromatic heterocycles. The zero-order valence-electron chi connectivity index (χ0n) is 14.8. The maximum absolute atomic E-state index is 13.0. The number of ether oxygens (including phenoxy) is 1. The van der Waals surface area contributed by atoms with Gasteiger partial charge in [-0.3, -0.25) is 14.4 Å². The van der Waals surface area contributed by atoms with E-state index in [1.54, 1.807) is 24.3 Å². The maximum atomic E-state index is 13.0. The van der Waals surface area contributed by atoms with E-state index >= 15 is 0 Å². The Kier molecular flexibility index (Phi) is 5.42. The van der Waals surface area contributed by atoms with E-state index < -0.39 is 35.3 Å². The van der Waals surface area contributed by atoms with Gasteiger partial charge in [0.2, 0.25) is 0 Å². The van der Waals surface area contributed by atoms with Crippen molar-refractivity contribution in [1.82, 2.24) is 9.88 Å². The van der Waals surface area contributed by atoms with Gasteiger partial charge in [0.25, 0.3) is 11.5 Å². The number of rotatable bonds is 5. The molecule has 1 amide bonds. The van der Waals surface area contributed by atoms with Gasteiger partial charge < -0.3 is 24.8 Å². The molecule has 9 heteroatoms. The number of aromatic hydroxyl groups is 1. The van der Waals surface area contributed by atoms with Gasteiger partial charge in [-0.1, -0.05) is 12.1 Å².